The van der Waals surface area contributed by atoms with E-state index in [9.17, 15) is 0 Å². The largest absolute Gasteiger partial charge is 0.396 e. The van der Waals surface area contributed by atoms with E-state index in [0.29, 0.717) is 6.42 Å². The predicted molar refractivity (Wildman–Crippen MR) is 48.7 cm³/mol. The number of nitrogens with two attached hydrogens (primary N) is 1. The van der Waals surface area contributed by atoms with Crippen LogP contribution >= 0.6 is 11.8 Å². The van der Waals surface area contributed by atoms with E-state index < -0.39 is 0 Å². The summed E-state index contributed by atoms with van der Waals surface area (Å²) in [6.45, 7) is 0.421. The molecule has 0 aromatic rings. The lowest BCUT2D eigenvalue weighted by Gasteiger charge is -2.08. The number of aliphatic hydroxyl groups excluding tert-OH is 2. The Hall–Kier alpha value is 0.230. The molecule has 0 saturated heterocycles. The van der Waals surface area contributed by atoms with Crippen molar-refractivity contribution in [1.29, 1.82) is 0 Å². The summed E-state index contributed by atoms with van der Waals surface area (Å²) in [5.41, 5.74) is 5.62. The number of thioether (sulfide) groups is 1. The van der Waals surface area contributed by atoms with E-state index in [0.717, 1.165) is 17.9 Å². The van der Waals surface area contributed by atoms with Crippen molar-refractivity contribution < 1.29 is 10.2 Å². The Morgan fingerprint density at radius 2 is 2.00 bits per heavy atom. The van der Waals surface area contributed by atoms with Crippen molar-refractivity contribution in [3.63, 3.8) is 0 Å². The standard InChI is InChI=1S/C7H17NO2S/c8-7(2-4-10)6-11-5-1-3-9/h7,9-10H,1-6,8H2. The molecule has 0 heterocycles. The van der Waals surface area contributed by atoms with Crippen molar-refractivity contribution in [2.75, 3.05) is 24.7 Å². The van der Waals surface area contributed by atoms with Gasteiger partial charge in [-0.15, -0.1) is 0 Å². The third kappa shape index (κ3) is 8.13. The first kappa shape index (κ1) is 11.2. The number of rotatable bonds is 7. The van der Waals surface area contributed by atoms with E-state index >= 15 is 0 Å². The summed E-state index contributed by atoms with van der Waals surface area (Å²) < 4.78 is 0. The molecule has 0 spiro atoms. The van der Waals surface area contributed by atoms with Crippen LogP contribution in [0.2, 0.25) is 0 Å². The Morgan fingerprint density at radius 1 is 1.27 bits per heavy atom. The van der Waals surface area contributed by atoms with Crippen molar-refractivity contribution >= 4 is 11.8 Å². The summed E-state index contributed by atoms with van der Waals surface area (Å²) in [5.74, 6) is 1.83. The van der Waals surface area contributed by atoms with E-state index in [2.05, 4.69) is 0 Å². The van der Waals surface area contributed by atoms with Gasteiger partial charge in [-0.25, -0.2) is 0 Å². The van der Waals surface area contributed by atoms with Gasteiger partial charge >= 0.3 is 0 Å². The summed E-state index contributed by atoms with van der Waals surface area (Å²) in [7, 11) is 0. The van der Waals surface area contributed by atoms with Gasteiger partial charge in [0, 0.05) is 25.0 Å². The average molecular weight is 179 g/mol. The zero-order chi connectivity index (χ0) is 8.53. The van der Waals surface area contributed by atoms with Gasteiger partial charge in [-0.3, -0.25) is 0 Å². The average Bonchev–Trinajstić information content (AvgIpc) is 1.99. The van der Waals surface area contributed by atoms with Crippen LogP contribution in [-0.4, -0.2) is 41.0 Å². The van der Waals surface area contributed by atoms with Gasteiger partial charge in [-0.1, -0.05) is 0 Å². The third-order valence-electron chi connectivity index (χ3n) is 1.28. The van der Waals surface area contributed by atoms with Crippen molar-refractivity contribution in [1.82, 2.24) is 0 Å². The molecule has 0 radical (unpaired) electrons. The van der Waals surface area contributed by atoms with E-state index in [1.54, 1.807) is 11.8 Å². The molecule has 3 nitrogen and oxygen atoms in total. The molecule has 4 N–H and O–H groups in total. The Balaban J connectivity index is 2.97. The van der Waals surface area contributed by atoms with E-state index in [1.165, 1.54) is 0 Å². The Labute approximate surface area is 72.0 Å². The zero-order valence-electron chi connectivity index (χ0n) is 6.70. The van der Waals surface area contributed by atoms with Crippen LogP contribution in [0.1, 0.15) is 12.8 Å². The summed E-state index contributed by atoms with van der Waals surface area (Å²) in [6.07, 6.45) is 1.50. The SMILES string of the molecule is NC(CCO)CSCCCO. The van der Waals surface area contributed by atoms with Crippen LogP contribution in [0.4, 0.5) is 0 Å². The van der Waals surface area contributed by atoms with E-state index in [-0.39, 0.29) is 19.3 Å². The maximum absolute atomic E-state index is 8.51. The van der Waals surface area contributed by atoms with Crippen molar-refractivity contribution in [2.24, 2.45) is 5.73 Å². The highest BCUT2D eigenvalue weighted by molar-refractivity contribution is 7.99. The minimum atomic E-state index is 0.101. The fourth-order valence-corrected chi connectivity index (χ4v) is 1.62. The summed E-state index contributed by atoms with van der Waals surface area (Å²) in [4.78, 5) is 0. The smallest absolute Gasteiger partial charge is 0.0446 e. The lowest BCUT2D eigenvalue weighted by Crippen LogP contribution is -2.24. The molecule has 11 heavy (non-hydrogen) atoms. The minimum Gasteiger partial charge on any atom is -0.396 e. The molecule has 4 heteroatoms. The van der Waals surface area contributed by atoms with Gasteiger partial charge in [0.25, 0.3) is 0 Å². The summed E-state index contributed by atoms with van der Waals surface area (Å²) in [6, 6.07) is 0.101. The molecule has 68 valence electrons. The molecule has 1 unspecified atom stereocenters. The van der Waals surface area contributed by atoms with Crippen LogP contribution in [-0.2, 0) is 0 Å². The first-order chi connectivity index (χ1) is 5.31. The molecule has 0 saturated carbocycles. The van der Waals surface area contributed by atoms with Gasteiger partial charge in [0.2, 0.25) is 0 Å². The lowest BCUT2D eigenvalue weighted by atomic mass is 10.3. The van der Waals surface area contributed by atoms with Gasteiger partial charge in [-0.05, 0) is 18.6 Å². The molecule has 0 aliphatic carbocycles. The van der Waals surface area contributed by atoms with Crippen LogP contribution in [0, 0.1) is 0 Å². The summed E-state index contributed by atoms with van der Waals surface area (Å²) in [5, 5.41) is 17.0. The molecule has 1 atom stereocenters. The van der Waals surface area contributed by atoms with Gasteiger partial charge in [0.1, 0.15) is 0 Å². The molecule has 0 aliphatic rings. The van der Waals surface area contributed by atoms with E-state index in [1.807, 2.05) is 0 Å². The number of hydrogen-bond acceptors (Lipinski definition) is 4. The van der Waals surface area contributed by atoms with Crippen molar-refractivity contribution in [3.8, 4) is 0 Å². The zero-order valence-corrected chi connectivity index (χ0v) is 7.52. The van der Waals surface area contributed by atoms with Crippen LogP contribution in [0.3, 0.4) is 0 Å². The first-order valence-corrected chi connectivity index (χ1v) is 5.01. The normalized spacial score (nSPS) is 13.4. The molecule has 0 fully saturated rings. The highest BCUT2D eigenvalue weighted by Gasteiger charge is 2.00. The fraction of sp³-hybridized carbons (Fsp3) is 1.00. The highest BCUT2D eigenvalue weighted by Crippen LogP contribution is 2.04. The van der Waals surface area contributed by atoms with E-state index in [4.69, 9.17) is 15.9 Å². The molecule has 0 aromatic heterocycles. The lowest BCUT2D eigenvalue weighted by molar-refractivity contribution is 0.279. The maximum atomic E-state index is 8.51. The number of aliphatic hydroxyl groups is 2. The van der Waals surface area contributed by atoms with Gasteiger partial charge in [-0.2, -0.15) is 11.8 Å². The fourth-order valence-electron chi connectivity index (χ4n) is 0.650. The molecular weight excluding hydrogens is 162 g/mol. The highest BCUT2D eigenvalue weighted by atomic mass is 32.2. The molecular formula is C7H17NO2S. The monoisotopic (exact) mass is 179 g/mol. The Kier molecular flexibility index (Phi) is 8.50. The molecule has 0 bridgehead atoms. The second-order valence-electron chi connectivity index (χ2n) is 2.42. The molecule has 0 rings (SSSR count). The van der Waals surface area contributed by atoms with Gasteiger partial charge in [0.05, 0.1) is 0 Å². The second kappa shape index (κ2) is 8.33. The Morgan fingerprint density at radius 3 is 2.55 bits per heavy atom. The van der Waals surface area contributed by atoms with Crippen LogP contribution < -0.4 is 5.73 Å². The van der Waals surface area contributed by atoms with Crippen LogP contribution in [0.25, 0.3) is 0 Å². The van der Waals surface area contributed by atoms with Crippen molar-refractivity contribution in [3.05, 3.63) is 0 Å². The molecule has 0 aliphatic heterocycles. The minimum absolute atomic E-state index is 0.101. The first-order valence-electron chi connectivity index (χ1n) is 3.86. The quantitative estimate of drug-likeness (QED) is 0.474. The second-order valence-corrected chi connectivity index (χ2v) is 3.57. The van der Waals surface area contributed by atoms with Gasteiger partial charge in [0.15, 0.2) is 0 Å². The third-order valence-corrected chi connectivity index (χ3v) is 2.52. The predicted octanol–water partition coefficient (Wildman–Crippen LogP) is -0.188. The van der Waals surface area contributed by atoms with Gasteiger partial charge < -0.3 is 15.9 Å². The number of hydrogen-bond donors (Lipinski definition) is 3. The van der Waals surface area contributed by atoms with Crippen molar-refractivity contribution in [2.45, 2.75) is 18.9 Å². The maximum Gasteiger partial charge on any atom is 0.0446 e. The molecule has 0 aromatic carbocycles. The Bertz CT molecular complexity index is 82.8. The van der Waals surface area contributed by atoms with Crippen LogP contribution in [0.5, 0.6) is 0 Å². The topological polar surface area (TPSA) is 66.5 Å². The van der Waals surface area contributed by atoms with Crippen LogP contribution in [0.15, 0.2) is 0 Å². The molecule has 0 amide bonds. The summed E-state index contributed by atoms with van der Waals surface area (Å²) >= 11 is 1.73.